The first kappa shape index (κ1) is 20.0. The van der Waals surface area contributed by atoms with Crippen LogP contribution in [0.25, 0.3) is 0 Å². The van der Waals surface area contributed by atoms with Crippen LogP contribution in [0.5, 0.6) is 0 Å². The number of hydrogen-bond donors (Lipinski definition) is 4. The van der Waals surface area contributed by atoms with Gasteiger partial charge in [0.1, 0.15) is 17.2 Å². The average molecular weight is 455 g/mol. The highest BCUT2D eigenvalue weighted by Gasteiger charge is 2.44. The van der Waals surface area contributed by atoms with Gasteiger partial charge >= 0.3 is 0 Å². The molecule has 3 aliphatic rings. The Morgan fingerprint density at radius 3 is 3.07 bits per heavy atom. The van der Waals surface area contributed by atoms with Crippen LogP contribution in [0, 0.1) is 11.8 Å². The number of rotatable bonds is 4. The maximum absolute atomic E-state index is 12.5. The van der Waals surface area contributed by atoms with Crippen molar-refractivity contribution in [1.82, 2.24) is 15.5 Å². The zero-order valence-corrected chi connectivity index (χ0v) is 17.6. The van der Waals surface area contributed by atoms with E-state index in [2.05, 4.69) is 74.4 Å². The van der Waals surface area contributed by atoms with Gasteiger partial charge in [-0.15, -0.1) is 0 Å². The number of fused-ring (bicyclic) bond motifs is 1. The van der Waals surface area contributed by atoms with Gasteiger partial charge in [-0.1, -0.05) is 46.3 Å². The van der Waals surface area contributed by atoms with Crippen molar-refractivity contribution in [2.24, 2.45) is 10.7 Å². The van der Waals surface area contributed by atoms with E-state index in [1.165, 1.54) is 10.6 Å². The molecule has 144 valence electrons. The topological polar surface area (TPSA) is 87.2 Å². The van der Waals surface area contributed by atoms with Gasteiger partial charge in [0.05, 0.1) is 20.1 Å². The Labute approximate surface area is 172 Å². The van der Waals surface area contributed by atoms with Crippen molar-refractivity contribution in [3.05, 3.63) is 33.3 Å². The monoisotopic (exact) mass is 453 g/mol. The fourth-order valence-corrected chi connectivity index (χ4v) is 3.88. The summed E-state index contributed by atoms with van der Waals surface area (Å²) in [6, 6.07) is 0.0552. The van der Waals surface area contributed by atoms with E-state index in [9.17, 15) is 4.79 Å². The summed E-state index contributed by atoms with van der Waals surface area (Å²) in [7, 11) is 2.11. The normalized spacial score (nSPS) is 31.7. The number of nitrogens with one attached hydrogen (secondary N) is 3. The molecule has 0 radical (unpaired) electrons. The molecule has 0 aromatic carbocycles. The number of nitrogens with zero attached hydrogens (tertiary/aromatic N) is 2. The van der Waals surface area contributed by atoms with Crippen LogP contribution in [0.2, 0.25) is 0 Å². The summed E-state index contributed by atoms with van der Waals surface area (Å²) in [5.74, 6) is 6.64. The molecule has 0 aromatic heterocycles. The second kappa shape index (κ2) is 8.48. The molecule has 1 amide bonds. The van der Waals surface area contributed by atoms with E-state index in [-0.39, 0.29) is 35.6 Å². The van der Waals surface area contributed by atoms with Crippen molar-refractivity contribution in [1.29, 1.82) is 0 Å². The van der Waals surface area contributed by atoms with Crippen molar-refractivity contribution < 1.29 is 9.69 Å². The van der Waals surface area contributed by atoms with Crippen LogP contribution in [0.4, 0.5) is 0 Å². The lowest BCUT2D eigenvalue weighted by Gasteiger charge is -2.24. The molecule has 2 heterocycles. The maximum atomic E-state index is 12.5. The molecule has 3 unspecified atom stereocenters. The van der Waals surface area contributed by atoms with Crippen molar-refractivity contribution in [2.75, 3.05) is 26.7 Å². The smallest absolute Gasteiger partial charge is 0.267 e. The first-order chi connectivity index (χ1) is 12.9. The van der Waals surface area contributed by atoms with Gasteiger partial charge in [-0.3, -0.25) is 9.69 Å². The van der Waals surface area contributed by atoms with Crippen molar-refractivity contribution in [3.63, 3.8) is 0 Å². The van der Waals surface area contributed by atoms with Gasteiger partial charge in [0.25, 0.3) is 5.91 Å². The first-order valence-corrected chi connectivity index (χ1v) is 9.98. The SMILES string of the molecule is CCN1C2C#CC/C(Br)=C\C=C/2[NH+](C)C1CNC(=O)C1=NC(Cl)=C(N)NC1. The molecule has 2 aliphatic heterocycles. The first-order valence-electron chi connectivity index (χ1n) is 8.81. The minimum atomic E-state index is -0.246. The largest absolute Gasteiger partial charge is 0.383 e. The molecule has 1 aliphatic carbocycles. The summed E-state index contributed by atoms with van der Waals surface area (Å²) in [6.07, 6.45) is 4.99. The van der Waals surface area contributed by atoms with Gasteiger partial charge in [-0.25, -0.2) is 9.89 Å². The summed E-state index contributed by atoms with van der Waals surface area (Å²) in [5, 5.41) is 5.95. The number of amides is 1. The minimum absolute atomic E-state index is 0.0552. The Hall–Kier alpha value is -1.79. The number of carbonyl (C=O) groups is 1. The summed E-state index contributed by atoms with van der Waals surface area (Å²) < 4.78 is 1.07. The predicted octanol–water partition coefficient (Wildman–Crippen LogP) is -0.414. The summed E-state index contributed by atoms with van der Waals surface area (Å²) in [4.78, 5) is 20.1. The van der Waals surface area contributed by atoms with Crippen LogP contribution in [0.15, 0.2) is 38.3 Å². The quantitative estimate of drug-likeness (QED) is 0.343. The Morgan fingerprint density at radius 2 is 2.37 bits per heavy atom. The molecule has 1 saturated heterocycles. The van der Waals surface area contributed by atoms with Gasteiger partial charge in [-0.2, -0.15) is 0 Å². The molecular weight excluding hydrogens is 432 g/mol. The minimum Gasteiger partial charge on any atom is -0.383 e. The summed E-state index contributed by atoms with van der Waals surface area (Å²) in [6.45, 7) is 3.69. The van der Waals surface area contributed by atoms with Crippen LogP contribution in [0.1, 0.15) is 13.3 Å². The fourth-order valence-electron chi connectivity index (χ4n) is 3.44. The van der Waals surface area contributed by atoms with E-state index in [1.54, 1.807) is 0 Å². The molecule has 0 bridgehead atoms. The number of quaternary nitrogens is 1. The van der Waals surface area contributed by atoms with Crippen LogP contribution in [0.3, 0.4) is 0 Å². The van der Waals surface area contributed by atoms with E-state index in [0.717, 1.165) is 11.0 Å². The maximum Gasteiger partial charge on any atom is 0.267 e. The Kier molecular flexibility index (Phi) is 6.27. The highest BCUT2D eigenvalue weighted by atomic mass is 79.9. The van der Waals surface area contributed by atoms with E-state index < -0.39 is 0 Å². The third kappa shape index (κ3) is 4.22. The second-order valence-electron chi connectivity index (χ2n) is 6.49. The predicted molar refractivity (Wildman–Crippen MR) is 110 cm³/mol. The standard InChI is InChI=1S/C18H22BrClN6O/c1-3-26-14-6-4-5-11(19)7-8-13(14)25(2)15(26)10-23-18(27)12-9-22-17(21)16(20)24-12/h7-8,14-15,22H,3,5,9-10,21H2,1-2H3,(H,23,27)/p+1/b11-7+,13-8+. The number of halogens is 2. The fraction of sp³-hybridized carbons (Fsp3) is 0.444. The lowest BCUT2D eigenvalue weighted by molar-refractivity contribution is -0.862. The van der Waals surface area contributed by atoms with Gasteiger partial charge < -0.3 is 16.4 Å². The third-order valence-corrected chi connectivity index (χ3v) is 5.74. The Morgan fingerprint density at radius 1 is 1.59 bits per heavy atom. The Bertz CT molecular complexity index is 821. The molecule has 0 aromatic rings. The van der Waals surface area contributed by atoms with E-state index >= 15 is 0 Å². The number of carbonyl (C=O) groups excluding carboxylic acids is 1. The number of hydrogen-bond acceptors (Lipinski definition) is 5. The Balaban J connectivity index is 1.74. The lowest BCUT2D eigenvalue weighted by atomic mass is 10.1. The molecule has 1 fully saturated rings. The van der Waals surface area contributed by atoms with Crippen molar-refractivity contribution in [3.8, 4) is 11.8 Å². The number of nitrogens with two attached hydrogens (primary N) is 1. The molecule has 0 saturated carbocycles. The van der Waals surface area contributed by atoms with Crippen LogP contribution in [-0.4, -0.2) is 55.4 Å². The van der Waals surface area contributed by atoms with E-state index in [4.69, 9.17) is 17.3 Å². The highest BCUT2D eigenvalue weighted by Crippen LogP contribution is 2.19. The number of aliphatic imine (C=N–C) groups is 1. The second-order valence-corrected chi connectivity index (χ2v) is 7.87. The van der Waals surface area contributed by atoms with Crippen LogP contribution < -0.4 is 21.3 Å². The molecule has 7 nitrogen and oxygen atoms in total. The summed E-state index contributed by atoms with van der Waals surface area (Å²) >= 11 is 9.44. The number of likely N-dealkylation sites (N-methyl/N-ethyl adjacent to an activating group) is 2. The van der Waals surface area contributed by atoms with Gasteiger partial charge in [0, 0.05) is 17.4 Å². The molecule has 9 heteroatoms. The van der Waals surface area contributed by atoms with Crippen LogP contribution >= 0.6 is 27.5 Å². The highest BCUT2D eigenvalue weighted by molar-refractivity contribution is 9.11. The summed E-state index contributed by atoms with van der Waals surface area (Å²) in [5.41, 5.74) is 7.16. The average Bonchev–Trinajstić information content (AvgIpc) is 2.88. The lowest BCUT2D eigenvalue weighted by Crippen LogP contribution is -3.11. The molecule has 0 spiro atoms. The van der Waals surface area contributed by atoms with Crippen molar-refractivity contribution in [2.45, 2.75) is 25.6 Å². The molecule has 3 rings (SSSR count). The third-order valence-electron chi connectivity index (χ3n) is 4.91. The van der Waals surface area contributed by atoms with E-state index in [0.29, 0.717) is 18.7 Å². The van der Waals surface area contributed by atoms with Gasteiger partial charge in [0.2, 0.25) is 0 Å². The zero-order valence-electron chi connectivity index (χ0n) is 15.3. The molecule has 27 heavy (non-hydrogen) atoms. The van der Waals surface area contributed by atoms with Crippen molar-refractivity contribution >= 4 is 39.1 Å². The van der Waals surface area contributed by atoms with Crippen LogP contribution in [-0.2, 0) is 4.79 Å². The van der Waals surface area contributed by atoms with Gasteiger partial charge in [-0.05, 0) is 12.2 Å². The zero-order chi connectivity index (χ0) is 19.6. The molecule has 5 N–H and O–H groups in total. The molecule has 3 atom stereocenters. The van der Waals surface area contributed by atoms with E-state index in [1.807, 2.05) is 0 Å². The molecular formula is C18H23BrClN6O+. The number of allylic oxidation sites excluding steroid dienone is 3. The van der Waals surface area contributed by atoms with Gasteiger partial charge in [0.15, 0.2) is 17.4 Å².